The van der Waals surface area contributed by atoms with Crippen LogP contribution in [0.5, 0.6) is 11.5 Å². The van der Waals surface area contributed by atoms with Gasteiger partial charge in [-0.25, -0.2) is 0 Å². The summed E-state index contributed by atoms with van der Waals surface area (Å²) in [5, 5.41) is 7.05. The van der Waals surface area contributed by atoms with Gasteiger partial charge in [0.15, 0.2) is 5.96 Å². The van der Waals surface area contributed by atoms with E-state index in [1.54, 1.807) is 14.2 Å². The van der Waals surface area contributed by atoms with Crippen LogP contribution in [0, 0.1) is 0 Å². The Morgan fingerprint density at radius 3 is 2.26 bits per heavy atom. The van der Waals surface area contributed by atoms with E-state index in [1.165, 1.54) is 0 Å². The molecule has 1 heterocycles. The van der Waals surface area contributed by atoms with E-state index in [-0.39, 0.29) is 24.0 Å². The Balaban J connectivity index is 0.00000480. The fourth-order valence-corrected chi connectivity index (χ4v) is 4.06. The molecular weight excluding hydrogens is 505 g/mol. The molecule has 0 amide bonds. The van der Waals surface area contributed by atoms with Gasteiger partial charge in [-0.1, -0.05) is 0 Å². The number of ether oxygens (including phenoxy) is 2. The Labute approximate surface area is 206 Å². The third kappa shape index (κ3) is 8.56. The first-order chi connectivity index (χ1) is 14.4. The quantitative estimate of drug-likeness (QED) is 0.202. The number of nitrogens with zero attached hydrogens (tertiary/aromatic N) is 3. The lowest BCUT2D eigenvalue weighted by molar-refractivity contribution is 0.173. The smallest absolute Gasteiger partial charge is 0.191 e. The monoisotopic (exact) mass is 547 g/mol. The van der Waals surface area contributed by atoms with Crippen molar-refractivity contribution in [3.05, 3.63) is 18.2 Å². The Morgan fingerprint density at radius 2 is 1.74 bits per heavy atom. The molecule has 1 saturated heterocycles. The highest BCUT2D eigenvalue weighted by atomic mass is 127. The Kier molecular flexibility index (Phi) is 12.4. The van der Waals surface area contributed by atoms with Gasteiger partial charge in [-0.3, -0.25) is 9.89 Å². The average Bonchev–Trinajstić information content (AvgIpc) is 3.20. The number of anilines is 1. The molecule has 1 aliphatic heterocycles. The number of methoxy groups -OCH3 is 2. The standard InChI is InChI=1S/C23H41N5O2.HI/c1-17(2)28(18(3)4)11-8-10-25-23(24-5)26-19-9-12-27(16-19)20-13-21(29-6)15-22(14-20)30-7;/h13-15,17-19H,8-12,16H2,1-7H3,(H2,24,25,26);1H. The van der Waals surface area contributed by atoms with Gasteiger partial charge in [-0.2, -0.15) is 0 Å². The van der Waals surface area contributed by atoms with Crippen molar-refractivity contribution in [2.75, 3.05) is 52.3 Å². The molecule has 8 heteroatoms. The van der Waals surface area contributed by atoms with Crippen LogP contribution < -0.4 is 25.0 Å². The molecule has 31 heavy (non-hydrogen) atoms. The highest BCUT2D eigenvalue weighted by Crippen LogP contribution is 2.30. The van der Waals surface area contributed by atoms with Crippen LogP contribution in [0.15, 0.2) is 23.2 Å². The minimum absolute atomic E-state index is 0. The van der Waals surface area contributed by atoms with E-state index in [1.807, 2.05) is 13.1 Å². The summed E-state index contributed by atoms with van der Waals surface area (Å²) >= 11 is 0. The van der Waals surface area contributed by atoms with Crippen molar-refractivity contribution in [3.8, 4) is 11.5 Å². The van der Waals surface area contributed by atoms with E-state index in [4.69, 9.17) is 9.47 Å². The molecule has 1 aliphatic rings. The van der Waals surface area contributed by atoms with Gasteiger partial charge in [-0.15, -0.1) is 24.0 Å². The lowest BCUT2D eigenvalue weighted by Crippen LogP contribution is -2.45. The summed E-state index contributed by atoms with van der Waals surface area (Å²) < 4.78 is 10.8. The molecule has 1 atom stereocenters. The van der Waals surface area contributed by atoms with E-state index in [0.29, 0.717) is 18.1 Å². The molecule has 0 aliphatic carbocycles. The van der Waals surface area contributed by atoms with E-state index in [9.17, 15) is 0 Å². The van der Waals surface area contributed by atoms with Gasteiger partial charge in [-0.05, 0) is 40.5 Å². The molecule has 1 fully saturated rings. The van der Waals surface area contributed by atoms with Crippen molar-refractivity contribution in [3.63, 3.8) is 0 Å². The second-order valence-corrected chi connectivity index (χ2v) is 8.42. The third-order valence-electron chi connectivity index (χ3n) is 5.67. The van der Waals surface area contributed by atoms with Crippen LogP contribution in [0.1, 0.15) is 40.5 Å². The van der Waals surface area contributed by atoms with Gasteiger partial charge in [0.1, 0.15) is 11.5 Å². The molecule has 178 valence electrons. The van der Waals surface area contributed by atoms with Crippen LogP contribution in [-0.2, 0) is 0 Å². The molecule has 0 aromatic heterocycles. The van der Waals surface area contributed by atoms with Gasteiger partial charge >= 0.3 is 0 Å². The number of guanidine groups is 1. The number of rotatable bonds is 10. The lowest BCUT2D eigenvalue weighted by Gasteiger charge is -2.30. The largest absolute Gasteiger partial charge is 0.497 e. The number of hydrogen-bond acceptors (Lipinski definition) is 5. The van der Waals surface area contributed by atoms with E-state index >= 15 is 0 Å². The summed E-state index contributed by atoms with van der Waals surface area (Å²) in [6.07, 6.45) is 2.16. The number of aliphatic imine (C=N–C) groups is 1. The Hall–Kier alpha value is -1.42. The summed E-state index contributed by atoms with van der Waals surface area (Å²) in [5.41, 5.74) is 1.13. The molecule has 2 rings (SSSR count). The fraction of sp³-hybridized carbons (Fsp3) is 0.696. The van der Waals surface area contributed by atoms with Crippen LogP contribution >= 0.6 is 24.0 Å². The number of nitrogens with one attached hydrogen (secondary N) is 2. The Bertz CT molecular complexity index is 654. The Morgan fingerprint density at radius 1 is 1.13 bits per heavy atom. The molecule has 1 aromatic carbocycles. The van der Waals surface area contributed by atoms with E-state index < -0.39 is 0 Å². The summed E-state index contributed by atoms with van der Waals surface area (Å²) in [5.74, 6) is 2.51. The zero-order chi connectivity index (χ0) is 22.1. The number of benzene rings is 1. The molecule has 1 aromatic rings. The van der Waals surface area contributed by atoms with Gasteiger partial charge in [0, 0.05) is 75.2 Å². The second kappa shape index (κ2) is 13.9. The molecule has 0 radical (unpaired) electrons. The normalized spacial score (nSPS) is 16.6. The van der Waals surface area contributed by atoms with Crippen molar-refractivity contribution in [1.29, 1.82) is 0 Å². The highest BCUT2D eigenvalue weighted by molar-refractivity contribution is 14.0. The molecule has 2 N–H and O–H groups in total. The summed E-state index contributed by atoms with van der Waals surface area (Å²) in [7, 11) is 5.21. The molecular formula is C23H42IN5O2. The molecule has 0 bridgehead atoms. The van der Waals surface area contributed by atoms with Crippen molar-refractivity contribution in [1.82, 2.24) is 15.5 Å². The zero-order valence-corrected chi connectivity index (χ0v) is 22.6. The van der Waals surface area contributed by atoms with Gasteiger partial charge in [0.25, 0.3) is 0 Å². The number of hydrogen-bond donors (Lipinski definition) is 2. The molecule has 0 spiro atoms. The third-order valence-corrected chi connectivity index (χ3v) is 5.67. The van der Waals surface area contributed by atoms with Crippen LogP contribution in [0.2, 0.25) is 0 Å². The van der Waals surface area contributed by atoms with Crippen molar-refractivity contribution in [2.45, 2.75) is 58.7 Å². The van der Waals surface area contributed by atoms with Gasteiger partial charge in [0.2, 0.25) is 0 Å². The maximum absolute atomic E-state index is 5.41. The summed E-state index contributed by atoms with van der Waals surface area (Å²) in [6, 6.07) is 7.53. The van der Waals surface area contributed by atoms with Crippen molar-refractivity contribution >= 4 is 35.6 Å². The van der Waals surface area contributed by atoms with Gasteiger partial charge in [0.05, 0.1) is 14.2 Å². The number of halogens is 1. The fourth-order valence-electron chi connectivity index (χ4n) is 4.06. The first-order valence-corrected chi connectivity index (χ1v) is 11.1. The first kappa shape index (κ1) is 27.6. The minimum atomic E-state index is 0. The maximum atomic E-state index is 5.41. The molecule has 0 saturated carbocycles. The maximum Gasteiger partial charge on any atom is 0.191 e. The van der Waals surface area contributed by atoms with E-state index in [0.717, 1.165) is 62.2 Å². The first-order valence-electron chi connectivity index (χ1n) is 11.1. The van der Waals surface area contributed by atoms with E-state index in [2.05, 4.69) is 65.3 Å². The SMILES string of the molecule is CN=C(NCCCN(C(C)C)C(C)C)NC1CCN(c2cc(OC)cc(OC)c2)C1.I. The van der Waals surface area contributed by atoms with Crippen molar-refractivity contribution in [2.24, 2.45) is 4.99 Å². The molecule has 1 unspecified atom stereocenters. The van der Waals surface area contributed by atoms with Crippen LogP contribution in [0.25, 0.3) is 0 Å². The topological polar surface area (TPSA) is 61.4 Å². The highest BCUT2D eigenvalue weighted by Gasteiger charge is 2.24. The molecule has 7 nitrogen and oxygen atoms in total. The zero-order valence-electron chi connectivity index (χ0n) is 20.3. The second-order valence-electron chi connectivity index (χ2n) is 8.42. The van der Waals surface area contributed by atoms with Crippen molar-refractivity contribution < 1.29 is 9.47 Å². The summed E-state index contributed by atoms with van der Waals surface area (Å²) in [6.45, 7) is 13.0. The van der Waals surface area contributed by atoms with Gasteiger partial charge < -0.3 is 25.0 Å². The minimum Gasteiger partial charge on any atom is -0.497 e. The van der Waals surface area contributed by atoms with Crippen LogP contribution in [0.4, 0.5) is 5.69 Å². The predicted molar refractivity (Wildman–Crippen MR) is 142 cm³/mol. The van der Waals surface area contributed by atoms with Crippen LogP contribution in [-0.4, -0.2) is 76.4 Å². The lowest BCUT2D eigenvalue weighted by atomic mass is 10.2. The average molecular weight is 548 g/mol. The predicted octanol–water partition coefficient (Wildman–Crippen LogP) is 3.57. The summed E-state index contributed by atoms with van der Waals surface area (Å²) in [4.78, 5) is 9.30. The van der Waals surface area contributed by atoms with Crippen LogP contribution in [0.3, 0.4) is 0 Å².